The van der Waals surface area contributed by atoms with Gasteiger partial charge in [-0.25, -0.2) is 9.67 Å². The third kappa shape index (κ3) is 2.92. The van der Waals surface area contributed by atoms with Crippen LogP contribution in [0, 0.1) is 0 Å². The quantitative estimate of drug-likeness (QED) is 0.735. The third-order valence-corrected chi connectivity index (χ3v) is 4.28. The second kappa shape index (κ2) is 6.00. The van der Waals surface area contributed by atoms with Crippen LogP contribution in [0.1, 0.15) is 18.9 Å². The lowest BCUT2D eigenvalue weighted by Crippen LogP contribution is -2.35. The van der Waals surface area contributed by atoms with E-state index >= 15 is 0 Å². The highest BCUT2D eigenvalue weighted by molar-refractivity contribution is 6.30. The van der Waals surface area contributed by atoms with Crippen molar-refractivity contribution in [2.75, 3.05) is 18.0 Å². The van der Waals surface area contributed by atoms with E-state index in [1.165, 1.54) is 0 Å². The zero-order chi connectivity index (χ0) is 15.6. The fraction of sp³-hybridized carbons (Fsp3) is 0.333. The first kappa shape index (κ1) is 14.2. The molecule has 0 radical (unpaired) electrons. The van der Waals surface area contributed by atoms with Crippen LogP contribution in [0.15, 0.2) is 41.4 Å². The zero-order valence-corrected chi connectivity index (χ0v) is 13.1. The predicted molar refractivity (Wildman–Crippen MR) is 85.3 cm³/mol. The molecule has 3 aromatic rings. The minimum Gasteiger partial charge on any atom is -0.324 e. The summed E-state index contributed by atoms with van der Waals surface area (Å²) >= 11 is 6.01. The highest BCUT2D eigenvalue weighted by Crippen LogP contribution is 2.27. The average molecular weight is 331 g/mol. The molecule has 0 spiro atoms. The Balaban J connectivity index is 1.46. The van der Waals surface area contributed by atoms with E-state index in [2.05, 4.69) is 25.1 Å². The maximum Gasteiger partial charge on any atom is 0.324 e. The van der Waals surface area contributed by atoms with E-state index in [4.69, 9.17) is 16.1 Å². The monoisotopic (exact) mass is 330 g/mol. The molecule has 1 fully saturated rings. The first-order valence-electron chi connectivity index (χ1n) is 7.48. The topological polar surface area (TPSA) is 72.9 Å². The van der Waals surface area contributed by atoms with Gasteiger partial charge in [0.05, 0.1) is 6.04 Å². The first-order valence-corrected chi connectivity index (χ1v) is 7.86. The lowest BCUT2D eigenvalue weighted by atomic mass is 10.1. The Hall–Kier alpha value is -2.41. The lowest BCUT2D eigenvalue weighted by molar-refractivity contribution is 0.342. The molecule has 0 atom stereocenters. The van der Waals surface area contributed by atoms with Gasteiger partial charge in [0.1, 0.15) is 12.7 Å². The van der Waals surface area contributed by atoms with Gasteiger partial charge in [-0.05, 0) is 25.0 Å². The van der Waals surface area contributed by atoms with Crippen LogP contribution in [0.25, 0.3) is 11.4 Å². The summed E-state index contributed by atoms with van der Waals surface area (Å²) in [7, 11) is 0. The number of halogens is 1. The molecule has 1 aliphatic heterocycles. The Bertz CT molecular complexity index is 779. The Kier molecular flexibility index (Phi) is 3.70. The number of rotatable bonds is 3. The van der Waals surface area contributed by atoms with Crippen molar-refractivity contribution in [2.24, 2.45) is 0 Å². The summed E-state index contributed by atoms with van der Waals surface area (Å²) in [5, 5.41) is 8.93. The minimum absolute atomic E-state index is 0.379. The van der Waals surface area contributed by atoms with Crippen LogP contribution in [-0.4, -0.2) is 38.0 Å². The van der Waals surface area contributed by atoms with Gasteiger partial charge in [0.25, 0.3) is 0 Å². The summed E-state index contributed by atoms with van der Waals surface area (Å²) in [5.74, 6) is 0.556. The molecule has 0 bridgehead atoms. The SMILES string of the molecule is Clc1cccc(-c2noc(N3CCC(n4cncn4)CC3)n2)c1. The number of benzene rings is 1. The van der Waals surface area contributed by atoms with Gasteiger partial charge >= 0.3 is 6.01 Å². The molecule has 2 aromatic heterocycles. The van der Waals surface area contributed by atoms with Crippen LogP contribution in [0.5, 0.6) is 0 Å². The van der Waals surface area contributed by atoms with E-state index in [9.17, 15) is 0 Å². The van der Waals surface area contributed by atoms with Crippen LogP contribution < -0.4 is 4.90 Å². The van der Waals surface area contributed by atoms with E-state index in [0.29, 0.717) is 22.9 Å². The normalized spacial score (nSPS) is 16.0. The summed E-state index contributed by atoms with van der Waals surface area (Å²) < 4.78 is 7.33. The van der Waals surface area contributed by atoms with Crippen molar-refractivity contribution >= 4 is 17.6 Å². The minimum atomic E-state index is 0.379. The molecule has 3 heterocycles. The molecule has 1 aromatic carbocycles. The smallest absolute Gasteiger partial charge is 0.324 e. The predicted octanol–water partition coefficient (Wildman–Crippen LogP) is 2.82. The van der Waals surface area contributed by atoms with Gasteiger partial charge in [-0.3, -0.25) is 0 Å². The molecule has 0 amide bonds. The molecule has 1 aliphatic rings. The lowest BCUT2D eigenvalue weighted by Gasteiger charge is -2.30. The molecule has 118 valence electrons. The summed E-state index contributed by atoms with van der Waals surface area (Å²) in [6.45, 7) is 1.70. The second-order valence-corrected chi connectivity index (χ2v) is 5.94. The van der Waals surface area contributed by atoms with Crippen molar-refractivity contribution in [3.63, 3.8) is 0 Å². The van der Waals surface area contributed by atoms with Crippen LogP contribution in [0.2, 0.25) is 5.02 Å². The standard InChI is InChI=1S/C15H15ClN6O/c16-12-3-1-2-11(8-12)14-19-15(23-20-14)21-6-4-13(5-7-21)22-10-17-9-18-22/h1-3,8-10,13H,4-7H2. The number of hydrogen-bond donors (Lipinski definition) is 0. The van der Waals surface area contributed by atoms with Crippen molar-refractivity contribution in [1.82, 2.24) is 24.9 Å². The Morgan fingerprint density at radius 3 is 2.83 bits per heavy atom. The molecule has 7 nitrogen and oxygen atoms in total. The zero-order valence-electron chi connectivity index (χ0n) is 12.3. The molecule has 0 aliphatic carbocycles. The number of hydrogen-bond acceptors (Lipinski definition) is 6. The Morgan fingerprint density at radius 1 is 1.22 bits per heavy atom. The van der Waals surface area contributed by atoms with E-state index in [-0.39, 0.29) is 0 Å². The molecule has 0 unspecified atom stereocenters. The fourth-order valence-electron chi connectivity index (χ4n) is 2.82. The summed E-state index contributed by atoms with van der Waals surface area (Å²) in [4.78, 5) is 10.6. The maximum absolute atomic E-state index is 6.01. The molecular weight excluding hydrogens is 316 g/mol. The van der Waals surface area contributed by atoms with Crippen molar-refractivity contribution in [2.45, 2.75) is 18.9 Å². The summed E-state index contributed by atoms with van der Waals surface area (Å²) in [5.41, 5.74) is 0.852. The summed E-state index contributed by atoms with van der Waals surface area (Å²) in [6, 6.07) is 8.36. The van der Waals surface area contributed by atoms with E-state index in [1.54, 1.807) is 12.7 Å². The van der Waals surface area contributed by atoms with Gasteiger partial charge in [-0.2, -0.15) is 10.1 Å². The van der Waals surface area contributed by atoms with Gasteiger partial charge in [0, 0.05) is 23.7 Å². The van der Waals surface area contributed by atoms with Gasteiger partial charge in [0.15, 0.2) is 0 Å². The van der Waals surface area contributed by atoms with Gasteiger partial charge < -0.3 is 9.42 Å². The molecule has 0 saturated carbocycles. The third-order valence-electron chi connectivity index (χ3n) is 4.04. The molecule has 4 rings (SSSR count). The molecule has 1 saturated heterocycles. The van der Waals surface area contributed by atoms with Crippen molar-refractivity contribution < 1.29 is 4.52 Å². The van der Waals surface area contributed by atoms with Crippen LogP contribution >= 0.6 is 11.6 Å². The van der Waals surface area contributed by atoms with E-state index in [0.717, 1.165) is 31.5 Å². The highest BCUT2D eigenvalue weighted by atomic mass is 35.5. The van der Waals surface area contributed by atoms with Gasteiger partial charge in [0.2, 0.25) is 5.82 Å². The van der Waals surface area contributed by atoms with Crippen LogP contribution in [0.3, 0.4) is 0 Å². The molecule has 0 N–H and O–H groups in total. The number of piperidine rings is 1. The second-order valence-electron chi connectivity index (χ2n) is 5.50. The number of aromatic nitrogens is 5. The van der Waals surface area contributed by atoms with Gasteiger partial charge in [-0.15, -0.1) is 0 Å². The van der Waals surface area contributed by atoms with E-state index < -0.39 is 0 Å². The molecule has 8 heteroatoms. The largest absolute Gasteiger partial charge is 0.324 e. The number of anilines is 1. The van der Waals surface area contributed by atoms with Crippen molar-refractivity contribution in [3.8, 4) is 11.4 Å². The highest BCUT2D eigenvalue weighted by Gasteiger charge is 2.24. The first-order chi connectivity index (χ1) is 11.3. The summed E-state index contributed by atoms with van der Waals surface area (Å²) in [6.07, 6.45) is 5.28. The molecular formula is C15H15ClN6O. The van der Waals surface area contributed by atoms with Crippen LogP contribution in [-0.2, 0) is 0 Å². The van der Waals surface area contributed by atoms with Crippen LogP contribution in [0.4, 0.5) is 6.01 Å². The average Bonchev–Trinajstić information content (AvgIpc) is 3.27. The molecule has 23 heavy (non-hydrogen) atoms. The van der Waals surface area contributed by atoms with Crippen molar-refractivity contribution in [1.29, 1.82) is 0 Å². The Labute approximate surface area is 137 Å². The fourth-order valence-corrected chi connectivity index (χ4v) is 3.01. The van der Waals surface area contributed by atoms with Gasteiger partial charge in [-0.1, -0.05) is 28.9 Å². The van der Waals surface area contributed by atoms with E-state index in [1.807, 2.05) is 28.9 Å². The van der Waals surface area contributed by atoms with Crippen molar-refractivity contribution in [3.05, 3.63) is 41.9 Å². The Morgan fingerprint density at radius 2 is 2.09 bits per heavy atom. The maximum atomic E-state index is 6.01. The number of nitrogens with zero attached hydrogens (tertiary/aromatic N) is 6.